The van der Waals surface area contributed by atoms with Crippen LogP contribution in [0.25, 0.3) is 10.1 Å². The van der Waals surface area contributed by atoms with E-state index in [4.69, 9.17) is 10.5 Å². The third-order valence-electron chi connectivity index (χ3n) is 1.81. The molecule has 2 aromatic rings. The third-order valence-corrected chi connectivity index (χ3v) is 3.23. The van der Waals surface area contributed by atoms with Crippen LogP contribution in [0.4, 0.5) is 5.69 Å². The van der Waals surface area contributed by atoms with Crippen LogP contribution < -0.4 is 10.5 Å². The second-order valence-electron chi connectivity index (χ2n) is 2.72. The average Bonchev–Trinajstić information content (AvgIpc) is 2.47. The summed E-state index contributed by atoms with van der Waals surface area (Å²) in [4.78, 5) is 0.880. The fraction of sp³-hybridized carbons (Fsp3) is 0.111. The van der Waals surface area contributed by atoms with Crippen molar-refractivity contribution in [2.75, 3.05) is 12.8 Å². The van der Waals surface area contributed by atoms with E-state index in [1.807, 2.05) is 18.2 Å². The molecule has 0 spiro atoms. The highest BCUT2D eigenvalue weighted by molar-refractivity contribution is 7.80. The Hall–Kier alpha value is -0.870. The van der Waals surface area contributed by atoms with E-state index in [0.29, 0.717) is 0 Å². The van der Waals surface area contributed by atoms with E-state index in [1.165, 1.54) is 0 Å². The van der Waals surface area contributed by atoms with Crippen molar-refractivity contribution in [3.05, 3.63) is 18.2 Å². The van der Waals surface area contributed by atoms with Gasteiger partial charge in [-0.3, -0.25) is 0 Å². The minimum Gasteiger partial charge on any atom is -0.487 e. The Morgan fingerprint density at radius 2 is 2.15 bits per heavy atom. The van der Waals surface area contributed by atoms with Gasteiger partial charge in [0.05, 0.1) is 17.5 Å². The molecule has 0 amide bonds. The molecular formula is C9H9NOS2. The molecular weight excluding hydrogens is 202 g/mol. The molecule has 2 rings (SSSR count). The van der Waals surface area contributed by atoms with Crippen molar-refractivity contribution in [2.45, 2.75) is 4.90 Å². The molecule has 0 fully saturated rings. The van der Waals surface area contributed by atoms with E-state index in [-0.39, 0.29) is 0 Å². The lowest BCUT2D eigenvalue weighted by atomic mass is 10.2. The molecule has 68 valence electrons. The summed E-state index contributed by atoms with van der Waals surface area (Å²) >= 11 is 5.80. The predicted molar refractivity (Wildman–Crippen MR) is 60.0 cm³/mol. The number of hydrogen-bond donors (Lipinski definition) is 2. The van der Waals surface area contributed by atoms with Crippen molar-refractivity contribution in [2.24, 2.45) is 0 Å². The minimum atomic E-state index is 0.760. The quantitative estimate of drug-likeness (QED) is 0.562. The number of nitrogens with two attached hydrogens (primary N) is 1. The summed E-state index contributed by atoms with van der Waals surface area (Å²) in [5, 5.41) is 1.97. The van der Waals surface area contributed by atoms with Gasteiger partial charge in [-0.15, -0.1) is 12.6 Å². The van der Waals surface area contributed by atoms with Gasteiger partial charge >= 0.3 is 0 Å². The van der Waals surface area contributed by atoms with Crippen LogP contribution in [0.3, 0.4) is 0 Å². The third kappa shape index (κ3) is 1.47. The highest BCUT2D eigenvalue weighted by atomic mass is 32.1. The molecule has 0 bridgehead atoms. The second kappa shape index (κ2) is 3.12. The molecule has 0 saturated heterocycles. The molecule has 0 aliphatic carbocycles. The number of benzene rings is 1. The molecule has 0 radical (unpaired) electrons. The van der Waals surface area contributed by atoms with Crippen LogP contribution in [0.2, 0.25) is 0 Å². The Morgan fingerprint density at radius 1 is 1.38 bits per heavy atom. The van der Waals surface area contributed by atoms with Crippen molar-refractivity contribution >= 4 is 39.7 Å². The maximum Gasteiger partial charge on any atom is 0.174 e. The number of thiophene rings is 1. The SMILES string of the molecule is COc1cc2cc(S)cc(N)c2s1. The number of fused-ring (bicyclic) bond motifs is 1. The summed E-state index contributed by atoms with van der Waals surface area (Å²) in [5.74, 6) is 0. The van der Waals surface area contributed by atoms with Gasteiger partial charge in [-0.2, -0.15) is 0 Å². The Labute approximate surface area is 85.7 Å². The normalized spacial score (nSPS) is 10.6. The maximum atomic E-state index is 5.83. The Morgan fingerprint density at radius 3 is 2.85 bits per heavy atom. The van der Waals surface area contributed by atoms with E-state index in [2.05, 4.69) is 12.6 Å². The molecule has 2 nitrogen and oxygen atoms in total. The van der Waals surface area contributed by atoms with Crippen LogP contribution in [-0.2, 0) is 0 Å². The minimum absolute atomic E-state index is 0.760. The van der Waals surface area contributed by atoms with Gasteiger partial charge in [0.2, 0.25) is 0 Å². The molecule has 0 atom stereocenters. The first kappa shape index (κ1) is 8.72. The number of anilines is 1. The number of thiol groups is 1. The Balaban J connectivity index is 2.75. The van der Waals surface area contributed by atoms with Gasteiger partial charge in [-0.1, -0.05) is 11.3 Å². The fourth-order valence-electron chi connectivity index (χ4n) is 1.24. The maximum absolute atomic E-state index is 5.83. The van der Waals surface area contributed by atoms with E-state index in [1.54, 1.807) is 18.4 Å². The van der Waals surface area contributed by atoms with Gasteiger partial charge in [0.15, 0.2) is 5.06 Å². The number of methoxy groups -OCH3 is 1. The van der Waals surface area contributed by atoms with Crippen LogP contribution >= 0.6 is 24.0 Å². The number of hydrogen-bond acceptors (Lipinski definition) is 4. The van der Waals surface area contributed by atoms with Crippen LogP contribution in [-0.4, -0.2) is 7.11 Å². The number of ether oxygens (including phenoxy) is 1. The van der Waals surface area contributed by atoms with E-state index in [0.717, 1.165) is 25.7 Å². The van der Waals surface area contributed by atoms with Gasteiger partial charge in [0, 0.05) is 4.90 Å². The first-order chi connectivity index (χ1) is 6.20. The summed E-state index contributed by atoms with van der Waals surface area (Å²) in [6, 6.07) is 5.80. The van der Waals surface area contributed by atoms with Crippen LogP contribution in [0.1, 0.15) is 0 Å². The van der Waals surface area contributed by atoms with Crippen molar-refractivity contribution in [1.29, 1.82) is 0 Å². The molecule has 0 aliphatic heterocycles. The van der Waals surface area contributed by atoms with E-state index in [9.17, 15) is 0 Å². The van der Waals surface area contributed by atoms with Gasteiger partial charge in [-0.05, 0) is 23.6 Å². The summed E-state index contributed by atoms with van der Waals surface area (Å²) < 4.78 is 6.20. The fourth-order valence-corrected chi connectivity index (χ4v) is 2.40. The Kier molecular flexibility index (Phi) is 2.09. The zero-order chi connectivity index (χ0) is 9.42. The predicted octanol–water partition coefficient (Wildman–Crippen LogP) is 2.78. The van der Waals surface area contributed by atoms with Crippen LogP contribution in [0.15, 0.2) is 23.1 Å². The standard InChI is InChI=1S/C9H9NOS2/c1-11-8-3-5-2-6(12)4-7(10)9(5)13-8/h2-4,12H,10H2,1H3. The lowest BCUT2D eigenvalue weighted by Crippen LogP contribution is -1.83. The Bertz CT molecular complexity index is 450. The molecule has 1 aromatic heterocycles. The summed E-state index contributed by atoms with van der Waals surface area (Å²) in [5.41, 5.74) is 6.59. The van der Waals surface area contributed by atoms with Gasteiger partial charge in [0.1, 0.15) is 0 Å². The van der Waals surface area contributed by atoms with Crippen LogP contribution in [0.5, 0.6) is 5.06 Å². The van der Waals surface area contributed by atoms with Gasteiger partial charge in [0.25, 0.3) is 0 Å². The molecule has 0 saturated carbocycles. The van der Waals surface area contributed by atoms with E-state index >= 15 is 0 Å². The lowest BCUT2D eigenvalue weighted by molar-refractivity contribution is 0.427. The van der Waals surface area contributed by atoms with Crippen molar-refractivity contribution in [1.82, 2.24) is 0 Å². The molecule has 4 heteroatoms. The first-order valence-corrected chi connectivity index (χ1v) is 5.03. The molecule has 1 heterocycles. The summed E-state index contributed by atoms with van der Waals surface area (Å²) in [7, 11) is 1.66. The van der Waals surface area contributed by atoms with Crippen molar-refractivity contribution in [3.8, 4) is 5.06 Å². The molecule has 0 unspecified atom stereocenters. The van der Waals surface area contributed by atoms with Crippen LogP contribution in [0, 0.1) is 0 Å². The average molecular weight is 211 g/mol. The van der Waals surface area contributed by atoms with Crippen molar-refractivity contribution in [3.63, 3.8) is 0 Å². The molecule has 13 heavy (non-hydrogen) atoms. The smallest absolute Gasteiger partial charge is 0.174 e. The monoisotopic (exact) mass is 211 g/mol. The second-order valence-corrected chi connectivity index (χ2v) is 4.25. The first-order valence-electron chi connectivity index (χ1n) is 3.76. The summed E-state index contributed by atoms with van der Waals surface area (Å²) in [6.45, 7) is 0. The zero-order valence-corrected chi connectivity index (χ0v) is 8.78. The number of rotatable bonds is 1. The number of nitrogen functional groups attached to an aromatic ring is 1. The summed E-state index contributed by atoms with van der Waals surface area (Å²) in [6.07, 6.45) is 0. The van der Waals surface area contributed by atoms with Gasteiger partial charge < -0.3 is 10.5 Å². The molecule has 0 aliphatic rings. The highest BCUT2D eigenvalue weighted by Crippen LogP contribution is 2.36. The topological polar surface area (TPSA) is 35.2 Å². The van der Waals surface area contributed by atoms with Gasteiger partial charge in [-0.25, -0.2) is 0 Å². The molecule has 1 aromatic carbocycles. The zero-order valence-electron chi connectivity index (χ0n) is 7.07. The lowest BCUT2D eigenvalue weighted by Gasteiger charge is -1.96. The largest absolute Gasteiger partial charge is 0.487 e. The highest BCUT2D eigenvalue weighted by Gasteiger charge is 2.05. The van der Waals surface area contributed by atoms with E-state index < -0.39 is 0 Å². The molecule has 2 N–H and O–H groups in total. The van der Waals surface area contributed by atoms with Crippen molar-refractivity contribution < 1.29 is 4.74 Å².